The molecule has 1 aromatic carbocycles. The van der Waals surface area contributed by atoms with Gasteiger partial charge in [-0.3, -0.25) is 4.98 Å². The molecule has 0 aliphatic rings. The second-order valence-corrected chi connectivity index (χ2v) is 3.10. The Kier molecular flexibility index (Phi) is 1.59. The number of fused-ring (bicyclic) bond motifs is 1. The third-order valence-electron chi connectivity index (χ3n) is 2.17. The lowest BCUT2D eigenvalue weighted by Gasteiger charge is -2.06. The molecule has 3 heteroatoms. The average molecular weight is 173 g/mol. The lowest BCUT2D eigenvalue weighted by molar-refractivity contribution is 1.39. The van der Waals surface area contributed by atoms with Gasteiger partial charge in [-0.25, -0.2) is 0 Å². The van der Waals surface area contributed by atoms with Gasteiger partial charge in [-0.05, 0) is 18.6 Å². The third kappa shape index (κ3) is 1.09. The highest BCUT2D eigenvalue weighted by Crippen LogP contribution is 2.26. The van der Waals surface area contributed by atoms with E-state index >= 15 is 0 Å². The van der Waals surface area contributed by atoms with Gasteiger partial charge in [0.1, 0.15) is 0 Å². The Morgan fingerprint density at radius 1 is 1.23 bits per heavy atom. The lowest BCUT2D eigenvalue weighted by Crippen LogP contribution is -1.98. The van der Waals surface area contributed by atoms with Crippen molar-refractivity contribution in [1.82, 2.24) is 4.98 Å². The van der Waals surface area contributed by atoms with Crippen molar-refractivity contribution in [2.24, 2.45) is 0 Å². The van der Waals surface area contributed by atoms with Crippen LogP contribution < -0.4 is 11.5 Å². The molecule has 0 amide bonds. The van der Waals surface area contributed by atoms with Gasteiger partial charge in [0.2, 0.25) is 0 Å². The van der Waals surface area contributed by atoms with Crippen molar-refractivity contribution < 1.29 is 0 Å². The Bertz CT molecular complexity index is 463. The van der Waals surface area contributed by atoms with Gasteiger partial charge in [0.05, 0.1) is 23.1 Å². The Morgan fingerprint density at radius 2 is 2.00 bits per heavy atom. The van der Waals surface area contributed by atoms with Gasteiger partial charge < -0.3 is 11.5 Å². The van der Waals surface area contributed by atoms with Crippen LogP contribution >= 0.6 is 0 Å². The predicted octanol–water partition coefficient (Wildman–Crippen LogP) is 1.71. The molecule has 4 N–H and O–H groups in total. The van der Waals surface area contributed by atoms with Gasteiger partial charge in [-0.15, -0.1) is 0 Å². The van der Waals surface area contributed by atoms with Crippen LogP contribution in [0.2, 0.25) is 0 Å². The maximum Gasteiger partial charge on any atom is 0.0741 e. The molecule has 0 bridgehead atoms. The summed E-state index contributed by atoms with van der Waals surface area (Å²) in [6.45, 7) is 2.00. The van der Waals surface area contributed by atoms with E-state index in [0.29, 0.717) is 11.4 Å². The van der Waals surface area contributed by atoms with Gasteiger partial charge in [0, 0.05) is 5.39 Å². The summed E-state index contributed by atoms with van der Waals surface area (Å²) in [5, 5.41) is 0.961. The van der Waals surface area contributed by atoms with Crippen molar-refractivity contribution in [2.45, 2.75) is 6.92 Å². The van der Waals surface area contributed by atoms with Gasteiger partial charge >= 0.3 is 0 Å². The summed E-state index contributed by atoms with van der Waals surface area (Å²) in [7, 11) is 0. The summed E-state index contributed by atoms with van der Waals surface area (Å²) >= 11 is 0. The Morgan fingerprint density at radius 3 is 2.77 bits per heavy atom. The van der Waals surface area contributed by atoms with E-state index < -0.39 is 0 Å². The first-order valence-electron chi connectivity index (χ1n) is 4.09. The van der Waals surface area contributed by atoms with Gasteiger partial charge in [0.15, 0.2) is 0 Å². The molecule has 0 spiro atoms. The molecule has 1 aromatic heterocycles. The SMILES string of the molecule is Cc1cccc2ncc(N)c(N)c12. The summed E-state index contributed by atoms with van der Waals surface area (Å²) in [5.74, 6) is 0. The number of nitrogen functional groups attached to an aromatic ring is 2. The van der Waals surface area contributed by atoms with E-state index in [1.807, 2.05) is 25.1 Å². The zero-order valence-electron chi connectivity index (χ0n) is 7.41. The van der Waals surface area contributed by atoms with Crippen LogP contribution in [-0.4, -0.2) is 4.98 Å². The second kappa shape index (κ2) is 2.62. The number of benzene rings is 1. The van der Waals surface area contributed by atoms with E-state index in [-0.39, 0.29) is 0 Å². The number of aromatic nitrogens is 1. The van der Waals surface area contributed by atoms with Crippen LogP contribution in [0.1, 0.15) is 5.56 Å². The second-order valence-electron chi connectivity index (χ2n) is 3.10. The fraction of sp³-hybridized carbons (Fsp3) is 0.100. The number of anilines is 2. The van der Waals surface area contributed by atoms with E-state index in [0.717, 1.165) is 16.5 Å². The minimum Gasteiger partial charge on any atom is -0.396 e. The summed E-state index contributed by atoms with van der Waals surface area (Å²) < 4.78 is 0. The maximum absolute atomic E-state index is 5.85. The largest absolute Gasteiger partial charge is 0.396 e. The highest BCUT2D eigenvalue weighted by atomic mass is 14.8. The molecule has 13 heavy (non-hydrogen) atoms. The number of pyridine rings is 1. The van der Waals surface area contributed by atoms with Crippen LogP contribution in [-0.2, 0) is 0 Å². The van der Waals surface area contributed by atoms with Gasteiger partial charge in [-0.1, -0.05) is 12.1 Å². The number of nitrogens with zero attached hydrogens (tertiary/aromatic N) is 1. The molecule has 0 aliphatic heterocycles. The van der Waals surface area contributed by atoms with Crippen LogP contribution in [0.25, 0.3) is 10.9 Å². The van der Waals surface area contributed by atoms with Crippen molar-refractivity contribution in [2.75, 3.05) is 11.5 Å². The van der Waals surface area contributed by atoms with E-state index in [9.17, 15) is 0 Å². The van der Waals surface area contributed by atoms with Crippen molar-refractivity contribution in [3.05, 3.63) is 30.0 Å². The molecular formula is C10H11N3. The standard InChI is InChI=1S/C10H11N3/c1-6-3-2-4-8-9(6)10(12)7(11)5-13-8/h2-5H,11H2,1H3,(H2,12,13). The van der Waals surface area contributed by atoms with Crippen LogP contribution in [0.5, 0.6) is 0 Å². The van der Waals surface area contributed by atoms with Gasteiger partial charge in [0.25, 0.3) is 0 Å². The Hall–Kier alpha value is -1.77. The molecule has 1 heterocycles. The number of hydrogen-bond acceptors (Lipinski definition) is 3. The zero-order valence-corrected chi connectivity index (χ0v) is 7.41. The fourth-order valence-corrected chi connectivity index (χ4v) is 1.46. The minimum atomic E-state index is 0.543. The number of aryl methyl sites for hydroxylation is 1. The summed E-state index contributed by atoms with van der Waals surface area (Å²) in [6, 6.07) is 5.89. The maximum atomic E-state index is 5.85. The summed E-state index contributed by atoms with van der Waals surface area (Å²) in [4.78, 5) is 4.20. The Balaban J connectivity index is 2.97. The van der Waals surface area contributed by atoms with Crippen LogP contribution in [0.4, 0.5) is 11.4 Å². The first-order valence-corrected chi connectivity index (χ1v) is 4.09. The minimum absolute atomic E-state index is 0.543. The lowest BCUT2D eigenvalue weighted by atomic mass is 10.1. The first-order chi connectivity index (χ1) is 6.20. The molecule has 0 saturated carbocycles. The van der Waals surface area contributed by atoms with Crippen LogP contribution in [0, 0.1) is 6.92 Å². The Labute approximate surface area is 76.4 Å². The number of rotatable bonds is 0. The summed E-state index contributed by atoms with van der Waals surface area (Å²) in [6.07, 6.45) is 1.59. The molecule has 0 fully saturated rings. The molecule has 0 unspecified atom stereocenters. The normalized spacial score (nSPS) is 10.5. The molecular weight excluding hydrogens is 162 g/mol. The number of nitrogens with two attached hydrogens (primary N) is 2. The van der Waals surface area contributed by atoms with E-state index in [4.69, 9.17) is 11.5 Å². The van der Waals surface area contributed by atoms with Crippen molar-refractivity contribution in [3.63, 3.8) is 0 Å². The van der Waals surface area contributed by atoms with Crippen LogP contribution in [0.15, 0.2) is 24.4 Å². The third-order valence-corrected chi connectivity index (χ3v) is 2.17. The first kappa shape index (κ1) is 7.86. The van der Waals surface area contributed by atoms with E-state index in [2.05, 4.69) is 4.98 Å². The van der Waals surface area contributed by atoms with Crippen LogP contribution in [0.3, 0.4) is 0 Å². The zero-order chi connectivity index (χ0) is 9.42. The quantitative estimate of drug-likeness (QED) is 0.637. The monoisotopic (exact) mass is 173 g/mol. The molecule has 2 rings (SSSR count). The fourth-order valence-electron chi connectivity index (χ4n) is 1.46. The molecule has 0 saturated heterocycles. The number of hydrogen-bond donors (Lipinski definition) is 2. The van der Waals surface area contributed by atoms with Gasteiger partial charge in [-0.2, -0.15) is 0 Å². The smallest absolute Gasteiger partial charge is 0.0741 e. The summed E-state index contributed by atoms with van der Waals surface area (Å²) in [5.41, 5.74) is 14.7. The molecule has 0 atom stereocenters. The molecule has 3 nitrogen and oxygen atoms in total. The molecule has 0 radical (unpaired) electrons. The molecule has 0 aliphatic carbocycles. The van der Waals surface area contributed by atoms with Crippen molar-refractivity contribution >= 4 is 22.3 Å². The highest BCUT2D eigenvalue weighted by molar-refractivity contribution is 5.97. The van der Waals surface area contributed by atoms with E-state index in [1.54, 1.807) is 6.20 Å². The predicted molar refractivity (Wildman–Crippen MR) is 55.3 cm³/mol. The van der Waals surface area contributed by atoms with E-state index in [1.165, 1.54) is 0 Å². The van der Waals surface area contributed by atoms with Crippen molar-refractivity contribution in [1.29, 1.82) is 0 Å². The topological polar surface area (TPSA) is 64.9 Å². The molecule has 2 aromatic rings. The average Bonchev–Trinajstić information content (AvgIpc) is 2.12. The molecule has 66 valence electrons. The highest BCUT2D eigenvalue weighted by Gasteiger charge is 2.04. The van der Waals surface area contributed by atoms with Crippen molar-refractivity contribution in [3.8, 4) is 0 Å².